The molecular weight excluding hydrogens is 524 g/mol. The van der Waals surface area contributed by atoms with Crippen molar-refractivity contribution in [2.45, 2.75) is 85.7 Å². The van der Waals surface area contributed by atoms with Crippen LogP contribution in [0.5, 0.6) is 5.75 Å². The number of Topliss-reactive ketones (excluding diaryl/α,β-unsaturated/α-hetero) is 1. The van der Waals surface area contributed by atoms with Gasteiger partial charge in [0.25, 0.3) is 5.91 Å². The highest BCUT2D eigenvalue weighted by atomic mass is 16.6. The van der Waals surface area contributed by atoms with E-state index in [1.54, 1.807) is 13.8 Å². The minimum absolute atomic E-state index is 0.0563. The first-order valence-electron chi connectivity index (χ1n) is 13.1. The molecule has 0 radical (unpaired) electrons. The zero-order valence-electron chi connectivity index (χ0n) is 23.8. The molecule has 0 aliphatic carbocycles. The first kappa shape index (κ1) is 32.3. The molecule has 1 aliphatic heterocycles. The Morgan fingerprint density at radius 1 is 1.07 bits per heavy atom. The lowest BCUT2D eigenvalue weighted by atomic mass is 9.82. The van der Waals surface area contributed by atoms with Crippen molar-refractivity contribution in [3.8, 4) is 5.75 Å². The van der Waals surface area contributed by atoms with Gasteiger partial charge in [-0.1, -0.05) is 33.8 Å². The van der Waals surface area contributed by atoms with Crippen LogP contribution >= 0.6 is 0 Å². The second-order valence-electron chi connectivity index (χ2n) is 10.8. The number of ether oxygens (including phenoxy) is 3. The van der Waals surface area contributed by atoms with Crippen LogP contribution in [0.4, 0.5) is 5.69 Å². The number of aromatic hydroxyl groups is 1. The molecule has 5 unspecified atom stereocenters. The number of carbonyl (C=O) groups excluding carboxylic acids is 6. The van der Waals surface area contributed by atoms with E-state index in [1.165, 1.54) is 39.0 Å². The molecule has 0 saturated carbocycles. The Labute approximate surface area is 233 Å². The summed E-state index contributed by atoms with van der Waals surface area (Å²) >= 11 is 0. The van der Waals surface area contributed by atoms with Gasteiger partial charge in [-0.2, -0.15) is 0 Å². The molecule has 0 spiro atoms. The lowest BCUT2D eigenvalue weighted by molar-refractivity contribution is -0.186. The number of nitrogens with one attached hydrogen (secondary N) is 2. The number of cyclic esters (lactones) is 3. The highest BCUT2D eigenvalue weighted by molar-refractivity contribution is 6.06. The molecule has 0 aromatic heterocycles. The average molecular weight is 563 g/mol. The maximum absolute atomic E-state index is 13.4. The van der Waals surface area contributed by atoms with Crippen molar-refractivity contribution < 1.29 is 48.1 Å². The number of rotatable bonds is 8. The standard InChI is InChI=1S/C28H38N2O10/c1-8-15(4)22-26(36)39-19(12-14(2)3)23(33)28(6,7)27(37)38-16(5)20(25(35)40-22)30-24(34)17-10-9-11-18(21(17)32)29-13-31/h9-11,13-16,19-20,22,32H,8,12H2,1-7H3,(H,29,31)(H,30,34). The average Bonchev–Trinajstić information content (AvgIpc) is 2.88. The number of benzene rings is 1. The highest BCUT2D eigenvalue weighted by Gasteiger charge is 2.47. The predicted molar refractivity (Wildman–Crippen MR) is 142 cm³/mol. The van der Waals surface area contributed by atoms with E-state index in [2.05, 4.69) is 10.6 Å². The van der Waals surface area contributed by atoms with Gasteiger partial charge in [-0.3, -0.25) is 19.2 Å². The van der Waals surface area contributed by atoms with E-state index in [1.807, 2.05) is 13.8 Å². The van der Waals surface area contributed by atoms with E-state index < -0.39 is 71.0 Å². The van der Waals surface area contributed by atoms with Gasteiger partial charge in [0.1, 0.15) is 11.5 Å². The normalized spacial score (nSPS) is 24.5. The molecule has 2 rings (SSSR count). The molecule has 1 aliphatic rings. The quantitative estimate of drug-likeness (QED) is 0.140. The first-order chi connectivity index (χ1) is 18.6. The summed E-state index contributed by atoms with van der Waals surface area (Å²) in [6.45, 7) is 11.1. The van der Waals surface area contributed by atoms with Crippen molar-refractivity contribution >= 4 is 41.7 Å². The Kier molecular flexibility index (Phi) is 10.8. The van der Waals surface area contributed by atoms with E-state index in [0.717, 1.165) is 0 Å². The predicted octanol–water partition coefficient (Wildman–Crippen LogP) is 2.52. The third-order valence-corrected chi connectivity index (χ3v) is 6.80. The van der Waals surface area contributed by atoms with Gasteiger partial charge >= 0.3 is 17.9 Å². The third-order valence-electron chi connectivity index (χ3n) is 6.80. The van der Waals surface area contributed by atoms with E-state index in [4.69, 9.17) is 14.2 Å². The zero-order valence-corrected chi connectivity index (χ0v) is 23.8. The van der Waals surface area contributed by atoms with Gasteiger partial charge in [-0.15, -0.1) is 0 Å². The summed E-state index contributed by atoms with van der Waals surface area (Å²) in [4.78, 5) is 77.2. The van der Waals surface area contributed by atoms with Crippen molar-refractivity contribution in [2.24, 2.45) is 17.3 Å². The first-order valence-corrected chi connectivity index (χ1v) is 13.1. The molecule has 1 heterocycles. The van der Waals surface area contributed by atoms with Gasteiger partial charge in [-0.25, -0.2) is 9.59 Å². The number of hydrogen-bond acceptors (Lipinski definition) is 10. The van der Waals surface area contributed by atoms with Gasteiger partial charge in [0.2, 0.25) is 12.5 Å². The number of hydrogen-bond donors (Lipinski definition) is 3. The fourth-order valence-electron chi connectivity index (χ4n) is 4.03. The summed E-state index contributed by atoms with van der Waals surface area (Å²) in [6.07, 6.45) is -3.19. The Hall–Kier alpha value is -3.96. The summed E-state index contributed by atoms with van der Waals surface area (Å²) < 4.78 is 16.6. The van der Waals surface area contributed by atoms with Crippen LogP contribution in [-0.4, -0.2) is 65.5 Å². The van der Waals surface area contributed by atoms with Gasteiger partial charge < -0.3 is 30.0 Å². The van der Waals surface area contributed by atoms with Crippen LogP contribution in [0.1, 0.15) is 71.7 Å². The minimum atomic E-state index is -1.76. The maximum Gasteiger partial charge on any atom is 0.348 e. The Bertz CT molecular complexity index is 1150. The van der Waals surface area contributed by atoms with Crippen LogP contribution in [0.2, 0.25) is 0 Å². The van der Waals surface area contributed by atoms with Gasteiger partial charge in [0, 0.05) is 5.92 Å². The second-order valence-corrected chi connectivity index (χ2v) is 10.8. The number of phenols is 1. The molecule has 12 heteroatoms. The number of phenolic OH excluding ortho intramolecular Hbond substituents is 1. The van der Waals surface area contributed by atoms with Gasteiger partial charge in [0.15, 0.2) is 23.7 Å². The van der Waals surface area contributed by atoms with Crippen molar-refractivity contribution in [1.29, 1.82) is 0 Å². The lowest BCUT2D eigenvalue weighted by Gasteiger charge is -2.33. The molecule has 1 aromatic carbocycles. The molecule has 1 aromatic rings. The molecular formula is C28H38N2O10. The van der Waals surface area contributed by atoms with E-state index in [-0.39, 0.29) is 23.6 Å². The van der Waals surface area contributed by atoms with Crippen molar-refractivity contribution in [3.63, 3.8) is 0 Å². The van der Waals surface area contributed by atoms with Crippen LogP contribution in [0.3, 0.4) is 0 Å². The molecule has 2 amide bonds. The summed E-state index contributed by atoms with van der Waals surface area (Å²) in [5, 5.41) is 15.1. The molecule has 0 bridgehead atoms. The zero-order chi connectivity index (χ0) is 30.4. The fraction of sp³-hybridized carbons (Fsp3) is 0.571. The summed E-state index contributed by atoms with van der Waals surface area (Å²) in [5.74, 6) is -5.83. The number of amides is 2. The SMILES string of the molecule is CCC(C)C1OC(=O)C(NC(=O)c2cccc(NC=O)c2O)C(C)OC(=O)C(C)(C)C(=O)C(CC(C)C)OC1=O. The molecule has 12 nitrogen and oxygen atoms in total. The van der Waals surface area contributed by atoms with Crippen molar-refractivity contribution in [1.82, 2.24) is 5.32 Å². The number of esters is 3. The van der Waals surface area contributed by atoms with Crippen LogP contribution < -0.4 is 10.6 Å². The Morgan fingerprint density at radius 2 is 1.73 bits per heavy atom. The van der Waals surface area contributed by atoms with E-state index in [0.29, 0.717) is 12.8 Å². The molecule has 1 fully saturated rings. The number of carbonyl (C=O) groups is 6. The molecule has 3 N–H and O–H groups in total. The number of para-hydroxylation sites is 1. The number of ketones is 1. The second kappa shape index (κ2) is 13.4. The lowest BCUT2D eigenvalue weighted by Crippen LogP contribution is -2.54. The Balaban J connectivity index is 2.54. The van der Waals surface area contributed by atoms with Crippen LogP contribution in [0.25, 0.3) is 0 Å². The molecule has 5 atom stereocenters. The maximum atomic E-state index is 13.4. The topological polar surface area (TPSA) is 174 Å². The van der Waals surface area contributed by atoms with Gasteiger partial charge in [-0.05, 0) is 51.7 Å². The van der Waals surface area contributed by atoms with Gasteiger partial charge in [0.05, 0.1) is 11.3 Å². The minimum Gasteiger partial charge on any atom is -0.505 e. The highest BCUT2D eigenvalue weighted by Crippen LogP contribution is 2.29. The Morgan fingerprint density at radius 3 is 2.30 bits per heavy atom. The largest absolute Gasteiger partial charge is 0.505 e. The van der Waals surface area contributed by atoms with E-state index >= 15 is 0 Å². The third kappa shape index (κ3) is 7.36. The summed E-state index contributed by atoms with van der Waals surface area (Å²) in [5.41, 5.74) is -2.11. The van der Waals surface area contributed by atoms with Crippen LogP contribution in [0.15, 0.2) is 18.2 Å². The molecule has 40 heavy (non-hydrogen) atoms. The number of anilines is 1. The molecule has 1 saturated heterocycles. The fourth-order valence-corrected chi connectivity index (χ4v) is 4.03. The molecule has 220 valence electrons. The van der Waals surface area contributed by atoms with E-state index in [9.17, 15) is 33.9 Å². The van der Waals surface area contributed by atoms with Crippen LogP contribution in [-0.2, 0) is 38.2 Å². The smallest absolute Gasteiger partial charge is 0.348 e. The summed E-state index contributed by atoms with van der Waals surface area (Å²) in [6, 6.07) is 2.34. The van der Waals surface area contributed by atoms with Crippen LogP contribution in [0, 0.1) is 17.3 Å². The van der Waals surface area contributed by atoms with Crippen molar-refractivity contribution in [3.05, 3.63) is 23.8 Å². The monoisotopic (exact) mass is 562 g/mol. The summed E-state index contributed by atoms with van der Waals surface area (Å²) in [7, 11) is 0. The van der Waals surface area contributed by atoms with Crippen molar-refractivity contribution in [2.75, 3.05) is 5.32 Å².